The summed E-state index contributed by atoms with van der Waals surface area (Å²) >= 11 is 0. The molecule has 0 unspecified atom stereocenters. The van der Waals surface area contributed by atoms with Crippen LogP contribution in [0.3, 0.4) is 0 Å². The molecular weight excluding hydrogens is 422 g/mol. The van der Waals surface area contributed by atoms with Gasteiger partial charge in [-0.15, -0.1) is 10.6 Å². The van der Waals surface area contributed by atoms with Gasteiger partial charge < -0.3 is 19.0 Å². The maximum atomic E-state index is 14.9. The summed E-state index contributed by atoms with van der Waals surface area (Å²) in [6.45, 7) is 6.73. The molecule has 5 nitrogen and oxygen atoms in total. The van der Waals surface area contributed by atoms with Gasteiger partial charge in [-0.1, -0.05) is 30.4 Å². The summed E-state index contributed by atoms with van der Waals surface area (Å²) in [5, 5.41) is 12.6. The van der Waals surface area contributed by atoms with Gasteiger partial charge in [0.15, 0.2) is 0 Å². The molecule has 1 aliphatic carbocycles. The van der Waals surface area contributed by atoms with E-state index in [0.717, 1.165) is 24.5 Å². The van der Waals surface area contributed by atoms with Crippen molar-refractivity contribution in [2.75, 3.05) is 5.32 Å². The second-order valence-electron chi connectivity index (χ2n) is 8.33. The van der Waals surface area contributed by atoms with E-state index in [0.29, 0.717) is 47.2 Å². The Morgan fingerprint density at radius 2 is 1.94 bits per heavy atom. The molecule has 0 bridgehead atoms. The SMILES string of the molecule is CCCc1c(C)c(NC(=O)N=[S-](=O)c2ccc(C(C)(C)O)cc2F)c2c(c1F)CCC2. The van der Waals surface area contributed by atoms with Crippen LogP contribution in [0.1, 0.15) is 61.4 Å². The minimum absolute atomic E-state index is 0.195. The van der Waals surface area contributed by atoms with Crippen molar-refractivity contribution in [2.24, 2.45) is 4.36 Å². The summed E-state index contributed by atoms with van der Waals surface area (Å²) in [4.78, 5) is 12.3. The molecule has 0 aromatic heterocycles. The lowest BCUT2D eigenvalue weighted by Gasteiger charge is -2.20. The fraction of sp³-hybridized carbons (Fsp3) is 0.435. The van der Waals surface area contributed by atoms with Gasteiger partial charge in [-0.3, -0.25) is 0 Å². The number of hydrogen-bond acceptors (Lipinski definition) is 4. The highest BCUT2D eigenvalue weighted by Gasteiger charge is 2.25. The Morgan fingerprint density at radius 3 is 2.55 bits per heavy atom. The summed E-state index contributed by atoms with van der Waals surface area (Å²) in [5.74, 6) is -1.02. The third-order valence-electron chi connectivity index (χ3n) is 5.60. The summed E-state index contributed by atoms with van der Waals surface area (Å²) < 4.78 is 45.4. The van der Waals surface area contributed by atoms with E-state index in [4.69, 9.17) is 0 Å². The lowest BCUT2D eigenvalue weighted by Crippen LogP contribution is -2.16. The molecule has 0 fully saturated rings. The van der Waals surface area contributed by atoms with Crippen molar-refractivity contribution in [2.45, 2.75) is 70.3 Å². The molecule has 0 saturated heterocycles. The number of nitrogens with one attached hydrogen (secondary N) is 1. The average molecular weight is 450 g/mol. The molecule has 2 amide bonds. The third-order valence-corrected chi connectivity index (χ3v) is 6.64. The van der Waals surface area contributed by atoms with Crippen molar-refractivity contribution < 1.29 is 22.9 Å². The first-order chi connectivity index (χ1) is 14.5. The number of nitrogens with zero attached hydrogens (tertiary/aromatic N) is 1. The van der Waals surface area contributed by atoms with Crippen molar-refractivity contribution >= 4 is 22.3 Å². The van der Waals surface area contributed by atoms with E-state index >= 15 is 0 Å². The van der Waals surface area contributed by atoms with Crippen LogP contribution in [-0.2, 0) is 39.7 Å². The number of urea groups is 1. The predicted octanol–water partition coefficient (Wildman–Crippen LogP) is 5.68. The van der Waals surface area contributed by atoms with Crippen molar-refractivity contribution in [3.05, 3.63) is 57.7 Å². The van der Waals surface area contributed by atoms with E-state index in [-0.39, 0.29) is 10.7 Å². The number of carbonyl (C=O) groups is 1. The molecule has 1 aliphatic rings. The molecule has 3 rings (SSSR count). The van der Waals surface area contributed by atoms with Gasteiger partial charge in [-0.05, 0) is 80.3 Å². The Kier molecular flexibility index (Phi) is 6.81. The molecular formula is C23H27F2N2O3S-. The second-order valence-corrected chi connectivity index (χ2v) is 9.45. The van der Waals surface area contributed by atoms with Gasteiger partial charge in [-0.2, -0.15) is 0 Å². The zero-order valence-corrected chi connectivity index (χ0v) is 19.0. The second kappa shape index (κ2) is 9.04. The fourth-order valence-corrected chi connectivity index (χ4v) is 4.68. The van der Waals surface area contributed by atoms with Crippen molar-refractivity contribution in [3.8, 4) is 0 Å². The average Bonchev–Trinajstić information content (AvgIpc) is 3.17. The van der Waals surface area contributed by atoms with Crippen LogP contribution < -0.4 is 5.32 Å². The van der Waals surface area contributed by atoms with Gasteiger partial charge in [0.25, 0.3) is 0 Å². The molecule has 31 heavy (non-hydrogen) atoms. The van der Waals surface area contributed by atoms with E-state index in [1.165, 1.54) is 26.0 Å². The zero-order chi connectivity index (χ0) is 22.9. The van der Waals surface area contributed by atoms with Gasteiger partial charge in [0.1, 0.15) is 11.6 Å². The summed E-state index contributed by atoms with van der Waals surface area (Å²) in [6.07, 6.45) is 3.37. The zero-order valence-electron chi connectivity index (χ0n) is 18.1. The number of hydrogen-bond donors (Lipinski definition) is 2. The Bertz CT molecular complexity index is 1120. The smallest absolute Gasteiger partial charge is 0.322 e. The summed E-state index contributed by atoms with van der Waals surface area (Å²) in [6, 6.07) is 2.89. The van der Waals surface area contributed by atoms with Crippen LogP contribution in [0.4, 0.5) is 19.3 Å². The minimum Gasteiger partial charge on any atom is -0.439 e. The molecule has 2 aromatic carbocycles. The number of halogens is 2. The normalized spacial score (nSPS) is 14.5. The van der Waals surface area contributed by atoms with Crippen molar-refractivity contribution in [1.82, 2.24) is 0 Å². The van der Waals surface area contributed by atoms with Crippen molar-refractivity contribution in [3.63, 3.8) is 0 Å². The standard InChI is InChI=1S/C23H27F2N2O3S/c1-5-7-15-13(2)21(17-9-6-8-16(17)20(15)25)26-22(28)27-31(30)19-11-10-14(12-18(19)24)23(3,4)29/h10-12,29H,5-9H2,1-4H3,(H,26,28)/q-1. The maximum absolute atomic E-state index is 14.9. The number of carbonyl (C=O) groups excluding carboxylic acids is 1. The van der Waals surface area contributed by atoms with Crippen LogP contribution in [0.25, 0.3) is 0 Å². The lowest BCUT2D eigenvalue weighted by atomic mass is 9.94. The predicted molar refractivity (Wildman–Crippen MR) is 117 cm³/mol. The third kappa shape index (κ3) is 4.80. The molecule has 168 valence electrons. The molecule has 0 radical (unpaired) electrons. The van der Waals surface area contributed by atoms with Crippen LogP contribution in [-0.4, -0.2) is 11.1 Å². The molecule has 0 saturated carbocycles. The van der Waals surface area contributed by atoms with Crippen LogP contribution >= 0.6 is 0 Å². The summed E-state index contributed by atoms with van der Waals surface area (Å²) in [7, 11) is -2.27. The Labute approximate surface area is 183 Å². The van der Waals surface area contributed by atoms with E-state index in [9.17, 15) is 22.9 Å². The summed E-state index contributed by atoms with van der Waals surface area (Å²) in [5.41, 5.74) is 2.18. The molecule has 2 N–H and O–H groups in total. The van der Waals surface area contributed by atoms with Gasteiger partial charge in [0, 0.05) is 5.69 Å². The van der Waals surface area contributed by atoms with Gasteiger partial charge in [0.05, 0.1) is 5.60 Å². The molecule has 0 spiro atoms. The minimum atomic E-state index is -2.27. The highest BCUT2D eigenvalue weighted by Crippen LogP contribution is 2.37. The van der Waals surface area contributed by atoms with Crippen molar-refractivity contribution in [1.29, 1.82) is 0 Å². The quantitative estimate of drug-likeness (QED) is 0.577. The fourth-order valence-electron chi connectivity index (χ4n) is 3.98. The van der Waals surface area contributed by atoms with Gasteiger partial charge >= 0.3 is 6.03 Å². The van der Waals surface area contributed by atoms with Crippen LogP contribution in [0.2, 0.25) is 0 Å². The van der Waals surface area contributed by atoms with Crippen LogP contribution in [0.15, 0.2) is 27.5 Å². The number of benzene rings is 2. The molecule has 2 aromatic rings. The Balaban J connectivity index is 1.92. The first-order valence-corrected chi connectivity index (χ1v) is 11.4. The number of anilines is 1. The Morgan fingerprint density at radius 1 is 1.26 bits per heavy atom. The number of fused-ring (bicyclic) bond motifs is 1. The van der Waals surface area contributed by atoms with E-state index in [1.807, 2.05) is 6.92 Å². The molecule has 0 atom stereocenters. The largest absolute Gasteiger partial charge is 0.439 e. The van der Waals surface area contributed by atoms with Gasteiger partial charge in [-0.25, -0.2) is 13.6 Å². The monoisotopic (exact) mass is 449 g/mol. The van der Waals surface area contributed by atoms with E-state index in [2.05, 4.69) is 9.68 Å². The molecule has 0 aliphatic heterocycles. The molecule has 0 heterocycles. The van der Waals surface area contributed by atoms with E-state index in [1.54, 1.807) is 6.92 Å². The highest BCUT2D eigenvalue weighted by molar-refractivity contribution is 7.75. The Hall–Kier alpha value is -2.32. The van der Waals surface area contributed by atoms with Gasteiger partial charge in [0.2, 0.25) is 0 Å². The highest BCUT2D eigenvalue weighted by atomic mass is 32.2. The maximum Gasteiger partial charge on any atom is 0.322 e. The van der Waals surface area contributed by atoms with Crippen LogP contribution in [0, 0.1) is 18.6 Å². The first kappa shape index (κ1) is 23.3. The first-order valence-electron chi connectivity index (χ1n) is 10.3. The number of amides is 2. The topological polar surface area (TPSA) is 78.8 Å². The number of aliphatic hydroxyl groups is 1. The lowest BCUT2D eigenvalue weighted by molar-refractivity contribution is 0.0781. The number of rotatable bonds is 5. The van der Waals surface area contributed by atoms with Crippen LogP contribution in [0.5, 0.6) is 0 Å². The van der Waals surface area contributed by atoms with E-state index < -0.39 is 28.0 Å². The molecule has 8 heteroatoms.